The monoisotopic (exact) mass is 372 g/mol. The van der Waals surface area contributed by atoms with Crippen molar-refractivity contribution in [3.05, 3.63) is 52.6 Å². The quantitative estimate of drug-likeness (QED) is 0.457. The Bertz CT molecular complexity index is 791. The van der Waals surface area contributed by atoms with Crippen molar-refractivity contribution >= 4 is 11.6 Å². The highest BCUT2D eigenvalue weighted by Crippen LogP contribution is 2.26. The number of ether oxygens (including phenoxy) is 1. The highest BCUT2D eigenvalue weighted by atomic mass is 16.6. The van der Waals surface area contributed by atoms with Gasteiger partial charge in [0.1, 0.15) is 5.69 Å². The number of hydrogen-bond acceptors (Lipinski definition) is 5. The Morgan fingerprint density at radius 3 is 2.93 bits per heavy atom. The molecule has 8 nitrogen and oxygen atoms in total. The van der Waals surface area contributed by atoms with Gasteiger partial charge in [-0.05, 0) is 30.9 Å². The van der Waals surface area contributed by atoms with Gasteiger partial charge in [-0.2, -0.15) is 0 Å². The van der Waals surface area contributed by atoms with Crippen molar-refractivity contribution in [2.45, 2.75) is 38.7 Å². The smallest absolute Gasteiger partial charge is 0.294 e. The van der Waals surface area contributed by atoms with Crippen LogP contribution in [-0.2, 0) is 4.74 Å². The van der Waals surface area contributed by atoms with E-state index in [0.29, 0.717) is 24.8 Å². The predicted octanol–water partition coefficient (Wildman–Crippen LogP) is 3.11. The number of carbonyl (C=O) groups excluding carboxylic acids is 1. The third-order valence-corrected chi connectivity index (χ3v) is 4.97. The lowest BCUT2D eigenvalue weighted by atomic mass is 9.88. The van der Waals surface area contributed by atoms with Crippen molar-refractivity contribution in [2.24, 2.45) is 5.92 Å². The number of nitro groups is 1. The Morgan fingerprint density at radius 2 is 2.22 bits per heavy atom. The minimum Gasteiger partial charge on any atom is -0.376 e. The van der Waals surface area contributed by atoms with Crippen molar-refractivity contribution in [2.75, 3.05) is 13.2 Å². The number of nitrogens with one attached hydrogen (secondary N) is 1. The summed E-state index contributed by atoms with van der Waals surface area (Å²) in [5.41, 5.74) is 0.466. The first kappa shape index (κ1) is 19.0. The van der Waals surface area contributed by atoms with Gasteiger partial charge in [-0.25, -0.2) is 4.98 Å². The van der Waals surface area contributed by atoms with Crippen LogP contribution < -0.4 is 5.32 Å². The lowest BCUT2D eigenvalue weighted by Crippen LogP contribution is -2.31. The number of benzene rings is 1. The molecule has 0 bridgehead atoms. The summed E-state index contributed by atoms with van der Waals surface area (Å²) in [5.74, 6) is 0.198. The first-order valence-corrected chi connectivity index (χ1v) is 9.23. The Hall–Kier alpha value is -2.74. The summed E-state index contributed by atoms with van der Waals surface area (Å²) in [6.07, 6.45) is 9.58. The van der Waals surface area contributed by atoms with Crippen LogP contribution in [0.2, 0.25) is 0 Å². The summed E-state index contributed by atoms with van der Waals surface area (Å²) in [6, 6.07) is 4.41. The van der Waals surface area contributed by atoms with Crippen LogP contribution in [0.25, 0.3) is 5.69 Å². The molecular weight excluding hydrogens is 348 g/mol. The lowest BCUT2D eigenvalue weighted by molar-refractivity contribution is -0.384. The van der Waals surface area contributed by atoms with Crippen LogP contribution in [0.3, 0.4) is 0 Å². The minimum absolute atomic E-state index is 0.145. The summed E-state index contributed by atoms with van der Waals surface area (Å²) in [7, 11) is 0. The molecule has 2 atom stereocenters. The van der Waals surface area contributed by atoms with E-state index >= 15 is 0 Å². The third-order valence-electron chi connectivity index (χ3n) is 4.97. The molecule has 0 spiro atoms. The molecule has 2 unspecified atom stereocenters. The number of nitrogens with zero attached hydrogens (tertiary/aromatic N) is 3. The highest BCUT2D eigenvalue weighted by molar-refractivity contribution is 5.95. The van der Waals surface area contributed by atoms with Gasteiger partial charge in [-0.15, -0.1) is 0 Å². The molecule has 1 saturated carbocycles. The van der Waals surface area contributed by atoms with E-state index < -0.39 is 4.92 Å². The molecule has 0 aliphatic heterocycles. The summed E-state index contributed by atoms with van der Waals surface area (Å²) in [4.78, 5) is 27.1. The largest absolute Gasteiger partial charge is 0.376 e. The van der Waals surface area contributed by atoms with Crippen molar-refractivity contribution in [3.63, 3.8) is 0 Å². The van der Waals surface area contributed by atoms with Crippen LogP contribution in [0, 0.1) is 16.0 Å². The number of rotatable bonds is 7. The maximum atomic E-state index is 12.3. The van der Waals surface area contributed by atoms with Gasteiger partial charge in [-0.3, -0.25) is 14.9 Å². The van der Waals surface area contributed by atoms with Gasteiger partial charge in [0.15, 0.2) is 0 Å². The molecule has 1 heterocycles. The summed E-state index contributed by atoms with van der Waals surface area (Å²) in [6.45, 7) is 3.01. The van der Waals surface area contributed by atoms with E-state index in [1.807, 2.05) is 0 Å². The van der Waals surface area contributed by atoms with E-state index in [9.17, 15) is 14.9 Å². The summed E-state index contributed by atoms with van der Waals surface area (Å²) < 4.78 is 7.42. The molecule has 144 valence electrons. The van der Waals surface area contributed by atoms with Gasteiger partial charge in [0.05, 0.1) is 24.0 Å². The third kappa shape index (κ3) is 4.71. The van der Waals surface area contributed by atoms with Crippen molar-refractivity contribution in [1.29, 1.82) is 0 Å². The fraction of sp³-hybridized carbons (Fsp3) is 0.474. The number of nitro benzene ring substituents is 1. The van der Waals surface area contributed by atoms with Crippen molar-refractivity contribution < 1.29 is 14.5 Å². The molecule has 1 amide bonds. The van der Waals surface area contributed by atoms with Crippen LogP contribution in [-0.4, -0.2) is 39.6 Å². The Balaban J connectivity index is 1.58. The average Bonchev–Trinajstić information content (AvgIpc) is 3.20. The summed E-state index contributed by atoms with van der Waals surface area (Å²) in [5, 5.41) is 14.1. The Kier molecular flexibility index (Phi) is 6.18. The van der Waals surface area contributed by atoms with E-state index in [1.165, 1.54) is 37.9 Å². The minimum atomic E-state index is -0.500. The molecule has 1 aromatic heterocycles. The summed E-state index contributed by atoms with van der Waals surface area (Å²) >= 11 is 0. The van der Waals surface area contributed by atoms with Gasteiger partial charge in [0.25, 0.3) is 11.6 Å². The van der Waals surface area contributed by atoms with Gasteiger partial charge >= 0.3 is 0 Å². The van der Waals surface area contributed by atoms with E-state index in [4.69, 9.17) is 4.74 Å². The normalized spacial score (nSPS) is 19.6. The molecule has 1 fully saturated rings. The number of amides is 1. The first-order chi connectivity index (χ1) is 13.1. The second-order valence-electron chi connectivity index (χ2n) is 6.86. The van der Waals surface area contributed by atoms with Crippen LogP contribution in [0.4, 0.5) is 5.69 Å². The highest BCUT2D eigenvalue weighted by Gasteiger charge is 2.22. The standard InChI is InChI=1S/C19H24N4O4/c1-14-4-2-3-5-18(14)27-11-9-21-19(24)15-6-7-16(17(12-15)23(25)26)22-10-8-20-13-22/h6-8,10,12-14,18H,2-5,9,11H2,1H3,(H,21,24). The van der Waals surface area contributed by atoms with Gasteiger partial charge in [0, 0.05) is 30.6 Å². The first-order valence-electron chi connectivity index (χ1n) is 9.23. The second-order valence-corrected chi connectivity index (χ2v) is 6.86. The zero-order valence-electron chi connectivity index (χ0n) is 15.3. The van der Waals surface area contributed by atoms with Crippen LogP contribution in [0.1, 0.15) is 43.0 Å². The molecule has 3 rings (SSSR count). The van der Waals surface area contributed by atoms with Crippen LogP contribution >= 0.6 is 0 Å². The maximum absolute atomic E-state index is 12.3. The Morgan fingerprint density at radius 1 is 1.41 bits per heavy atom. The SMILES string of the molecule is CC1CCCCC1OCCNC(=O)c1ccc(-n2ccnc2)c([N+](=O)[O-])c1. The fourth-order valence-electron chi connectivity index (χ4n) is 3.44. The number of hydrogen-bond donors (Lipinski definition) is 1. The topological polar surface area (TPSA) is 99.3 Å². The zero-order chi connectivity index (χ0) is 19.2. The molecule has 1 aliphatic rings. The van der Waals surface area contributed by atoms with Gasteiger partial charge < -0.3 is 14.6 Å². The lowest BCUT2D eigenvalue weighted by Gasteiger charge is -2.28. The number of carbonyl (C=O) groups is 1. The zero-order valence-corrected chi connectivity index (χ0v) is 15.3. The molecule has 0 saturated heterocycles. The average molecular weight is 372 g/mol. The molecule has 1 N–H and O–H groups in total. The second kappa shape index (κ2) is 8.77. The van der Waals surface area contributed by atoms with Gasteiger partial charge in [0.2, 0.25) is 0 Å². The molecule has 8 heteroatoms. The molecule has 2 aromatic rings. The molecular formula is C19H24N4O4. The van der Waals surface area contributed by atoms with E-state index in [-0.39, 0.29) is 23.3 Å². The molecule has 1 aliphatic carbocycles. The fourth-order valence-corrected chi connectivity index (χ4v) is 3.44. The van der Waals surface area contributed by atoms with Gasteiger partial charge in [-0.1, -0.05) is 19.8 Å². The molecule has 0 radical (unpaired) electrons. The van der Waals surface area contributed by atoms with Crippen LogP contribution in [0.15, 0.2) is 36.9 Å². The van der Waals surface area contributed by atoms with Crippen molar-refractivity contribution in [3.8, 4) is 5.69 Å². The maximum Gasteiger partial charge on any atom is 0.294 e. The van der Waals surface area contributed by atoms with E-state index in [2.05, 4.69) is 17.2 Å². The van der Waals surface area contributed by atoms with E-state index in [1.54, 1.807) is 22.9 Å². The van der Waals surface area contributed by atoms with Crippen LogP contribution in [0.5, 0.6) is 0 Å². The number of imidazole rings is 1. The predicted molar refractivity (Wildman–Crippen MR) is 99.9 cm³/mol. The molecule has 1 aromatic carbocycles. The number of aromatic nitrogens is 2. The van der Waals surface area contributed by atoms with E-state index in [0.717, 1.165) is 6.42 Å². The molecule has 27 heavy (non-hydrogen) atoms. The van der Waals surface area contributed by atoms with Crippen molar-refractivity contribution in [1.82, 2.24) is 14.9 Å². The Labute approximate surface area is 157 Å².